The molecule has 15 heteroatoms. The van der Waals surface area contributed by atoms with E-state index in [9.17, 15) is 34.4 Å². The van der Waals surface area contributed by atoms with Crippen molar-refractivity contribution in [3.05, 3.63) is 69.8 Å². The number of carbonyl (C=O) groups excluding carboxylic acids is 3. The number of ether oxygens (including phenoxy) is 4. The minimum Gasteiger partial charge on any atom is -0.489 e. The molecule has 0 fully saturated rings. The molecule has 2 aromatic carbocycles. The third kappa shape index (κ3) is 12.4. The Kier molecular flexibility index (Phi) is 11.8. The van der Waals surface area contributed by atoms with Gasteiger partial charge in [-0.05, 0) is 85.6 Å². The standard InChI is InChI=1S/C31H40N4O11/c1-29(2,3)44-25(36)32-24(34(26(37)38)28(40)46-31(7,8)9)33(27(39)45-30(4,5)6)18-20-13-15-23(16-14-20)43-19-21-11-10-12-22(17-21)35(41)42/h10-17H,18-19H2,1-9H3,(H,37,38). The van der Waals surface area contributed by atoms with Crippen LogP contribution in [0, 0.1) is 10.1 Å². The van der Waals surface area contributed by atoms with Gasteiger partial charge in [-0.15, -0.1) is 9.89 Å². The van der Waals surface area contributed by atoms with Crippen molar-refractivity contribution in [1.82, 2.24) is 9.80 Å². The van der Waals surface area contributed by atoms with E-state index in [-0.39, 0.29) is 17.2 Å². The van der Waals surface area contributed by atoms with Crippen molar-refractivity contribution in [3.63, 3.8) is 0 Å². The van der Waals surface area contributed by atoms with E-state index in [1.807, 2.05) is 0 Å². The van der Waals surface area contributed by atoms with Gasteiger partial charge in [0.15, 0.2) is 0 Å². The van der Waals surface area contributed by atoms with Crippen LogP contribution in [0.3, 0.4) is 0 Å². The predicted molar refractivity (Wildman–Crippen MR) is 165 cm³/mol. The van der Waals surface area contributed by atoms with E-state index < -0.39 is 58.6 Å². The van der Waals surface area contributed by atoms with Crippen LogP contribution in [0.15, 0.2) is 53.5 Å². The Morgan fingerprint density at radius 1 is 0.804 bits per heavy atom. The van der Waals surface area contributed by atoms with Gasteiger partial charge in [0.1, 0.15) is 29.2 Å². The highest BCUT2D eigenvalue weighted by molar-refractivity contribution is 6.13. The molecule has 0 atom stereocenters. The van der Waals surface area contributed by atoms with Crippen molar-refractivity contribution in [3.8, 4) is 5.75 Å². The Morgan fingerprint density at radius 3 is 1.85 bits per heavy atom. The number of nitrogens with zero attached hydrogens (tertiary/aromatic N) is 4. The first kappa shape index (κ1) is 37.0. The first-order valence-electron chi connectivity index (χ1n) is 14.1. The number of benzene rings is 2. The SMILES string of the molecule is CC(C)(C)OC(=O)N=C(N(Cc1ccc(OCc2cccc([N+](=O)[O-])c2)cc1)C(=O)OC(C)(C)C)N(C(=O)O)C(=O)OC(C)(C)C. The monoisotopic (exact) mass is 644 g/mol. The highest BCUT2D eigenvalue weighted by atomic mass is 16.6. The van der Waals surface area contributed by atoms with Crippen LogP contribution in [0.5, 0.6) is 5.75 Å². The zero-order valence-electron chi connectivity index (χ0n) is 27.4. The average molecular weight is 645 g/mol. The normalized spacial score (nSPS) is 12.1. The number of imide groups is 1. The maximum atomic E-state index is 13.5. The summed E-state index contributed by atoms with van der Waals surface area (Å²) in [6.45, 7) is 13.5. The van der Waals surface area contributed by atoms with E-state index in [0.29, 0.717) is 21.8 Å². The lowest BCUT2D eigenvalue weighted by Crippen LogP contribution is -2.54. The molecule has 0 bridgehead atoms. The van der Waals surface area contributed by atoms with Gasteiger partial charge in [0.2, 0.25) is 5.96 Å². The summed E-state index contributed by atoms with van der Waals surface area (Å²) >= 11 is 0. The van der Waals surface area contributed by atoms with Crippen molar-refractivity contribution in [2.24, 2.45) is 4.99 Å². The molecule has 0 aliphatic rings. The average Bonchev–Trinajstić information content (AvgIpc) is 2.87. The Hall–Kier alpha value is -5.21. The summed E-state index contributed by atoms with van der Waals surface area (Å²) in [4.78, 5) is 67.0. The summed E-state index contributed by atoms with van der Waals surface area (Å²) in [7, 11) is 0. The van der Waals surface area contributed by atoms with Crippen LogP contribution in [0.25, 0.3) is 0 Å². The second kappa shape index (κ2) is 14.7. The first-order chi connectivity index (χ1) is 21.0. The zero-order valence-corrected chi connectivity index (χ0v) is 27.4. The molecule has 0 unspecified atom stereocenters. The predicted octanol–water partition coefficient (Wildman–Crippen LogP) is 7.12. The molecule has 0 aliphatic heterocycles. The third-order valence-corrected chi connectivity index (χ3v) is 5.20. The molecule has 2 aromatic rings. The summed E-state index contributed by atoms with van der Waals surface area (Å²) in [5.74, 6) is -0.557. The summed E-state index contributed by atoms with van der Waals surface area (Å²) in [6.07, 6.45) is -5.73. The molecule has 0 aromatic heterocycles. The second-order valence-electron chi connectivity index (χ2n) is 12.9. The molecule has 46 heavy (non-hydrogen) atoms. The van der Waals surface area contributed by atoms with Crippen LogP contribution >= 0.6 is 0 Å². The van der Waals surface area contributed by atoms with Gasteiger partial charge in [-0.2, -0.15) is 0 Å². The Balaban J connectivity index is 2.54. The molecule has 4 amide bonds. The fourth-order valence-corrected chi connectivity index (χ4v) is 3.48. The number of hydrogen-bond donors (Lipinski definition) is 1. The number of amides is 4. The number of hydrogen-bond acceptors (Lipinski definition) is 10. The van der Waals surface area contributed by atoms with Gasteiger partial charge in [-0.3, -0.25) is 10.1 Å². The van der Waals surface area contributed by atoms with Crippen molar-refractivity contribution in [2.75, 3.05) is 0 Å². The van der Waals surface area contributed by atoms with Crippen LogP contribution in [-0.4, -0.2) is 67.0 Å². The molecule has 250 valence electrons. The minimum atomic E-state index is -1.89. The van der Waals surface area contributed by atoms with E-state index >= 15 is 0 Å². The molecule has 0 radical (unpaired) electrons. The lowest BCUT2D eigenvalue weighted by atomic mass is 10.2. The molecule has 0 saturated carbocycles. The topological polar surface area (TPSA) is 187 Å². The number of guanidine groups is 1. The van der Waals surface area contributed by atoms with Crippen LogP contribution in [0.2, 0.25) is 0 Å². The minimum absolute atomic E-state index is 0.0234. The van der Waals surface area contributed by atoms with Gasteiger partial charge >= 0.3 is 24.4 Å². The maximum Gasteiger partial charge on any atom is 0.437 e. The molecule has 0 heterocycles. The molecular formula is C31H40N4O11. The lowest BCUT2D eigenvalue weighted by Gasteiger charge is -2.32. The van der Waals surface area contributed by atoms with Crippen molar-refractivity contribution < 1.29 is 48.2 Å². The van der Waals surface area contributed by atoms with Gasteiger partial charge in [0.25, 0.3) is 5.69 Å². The number of rotatable bonds is 6. The van der Waals surface area contributed by atoms with Crippen LogP contribution in [0.4, 0.5) is 24.9 Å². The smallest absolute Gasteiger partial charge is 0.437 e. The molecule has 2 rings (SSSR count). The second-order valence-corrected chi connectivity index (χ2v) is 12.9. The highest BCUT2D eigenvalue weighted by Gasteiger charge is 2.39. The van der Waals surface area contributed by atoms with Gasteiger partial charge in [-0.25, -0.2) is 24.1 Å². The fraction of sp³-hybridized carbons (Fsp3) is 0.452. The summed E-state index contributed by atoms with van der Waals surface area (Å²) in [5, 5.41) is 21.1. The molecule has 0 aliphatic carbocycles. The largest absolute Gasteiger partial charge is 0.489 e. The van der Waals surface area contributed by atoms with Gasteiger partial charge in [0.05, 0.1) is 11.5 Å². The number of carboxylic acid groups (broad SMARTS) is 1. The van der Waals surface area contributed by atoms with Gasteiger partial charge in [-0.1, -0.05) is 24.3 Å². The number of nitro benzene ring substituents is 1. The number of non-ortho nitro benzene ring substituents is 1. The van der Waals surface area contributed by atoms with E-state index in [1.54, 1.807) is 77.9 Å². The maximum absolute atomic E-state index is 13.5. The van der Waals surface area contributed by atoms with Crippen molar-refractivity contribution in [2.45, 2.75) is 92.3 Å². The van der Waals surface area contributed by atoms with Crippen LogP contribution < -0.4 is 4.74 Å². The third-order valence-electron chi connectivity index (χ3n) is 5.20. The van der Waals surface area contributed by atoms with Crippen molar-refractivity contribution in [1.29, 1.82) is 0 Å². The quantitative estimate of drug-likeness (QED) is 0.111. The highest BCUT2D eigenvalue weighted by Crippen LogP contribution is 2.22. The Morgan fingerprint density at radius 2 is 1.35 bits per heavy atom. The molecule has 0 spiro atoms. The van der Waals surface area contributed by atoms with Crippen LogP contribution in [0.1, 0.15) is 73.4 Å². The first-order valence-corrected chi connectivity index (χ1v) is 14.1. The Bertz CT molecular complexity index is 1470. The molecule has 15 nitrogen and oxygen atoms in total. The fourth-order valence-electron chi connectivity index (χ4n) is 3.48. The number of nitro groups is 1. The Labute approximate surface area is 266 Å². The van der Waals surface area contributed by atoms with Crippen molar-refractivity contribution >= 4 is 36.0 Å². The van der Waals surface area contributed by atoms with E-state index in [4.69, 9.17) is 18.9 Å². The number of aliphatic imine (C=N–C) groups is 1. The van der Waals surface area contributed by atoms with Gasteiger partial charge < -0.3 is 24.1 Å². The van der Waals surface area contributed by atoms with E-state index in [0.717, 1.165) is 0 Å². The van der Waals surface area contributed by atoms with Gasteiger partial charge in [0, 0.05) is 12.1 Å². The van der Waals surface area contributed by atoms with Crippen LogP contribution in [-0.2, 0) is 27.4 Å². The van der Waals surface area contributed by atoms with E-state index in [1.165, 1.54) is 32.9 Å². The molecular weight excluding hydrogens is 604 g/mol. The zero-order chi connectivity index (χ0) is 35.0. The molecule has 0 saturated heterocycles. The summed E-state index contributed by atoms with van der Waals surface area (Å²) < 4.78 is 21.7. The summed E-state index contributed by atoms with van der Waals surface area (Å²) in [6, 6.07) is 12.2. The number of carbonyl (C=O) groups is 4. The summed E-state index contributed by atoms with van der Waals surface area (Å²) in [5.41, 5.74) is -2.41. The van der Waals surface area contributed by atoms with E-state index in [2.05, 4.69) is 4.99 Å². The lowest BCUT2D eigenvalue weighted by molar-refractivity contribution is -0.384. The molecule has 1 N–H and O–H groups in total.